The molecule has 0 bridgehead atoms. The number of amides is 1. The standard InChI is InChI=1S/C15H12ClNO2/c1-10-4-2-3-5-13(10)15(19)17-12-8-6-11(7-9-12)14(16)18/h2-9H,1H3,(H,17,19). The number of anilines is 1. The zero-order chi connectivity index (χ0) is 13.8. The van der Waals surface area contributed by atoms with Crippen LogP contribution in [-0.2, 0) is 0 Å². The molecule has 0 spiro atoms. The van der Waals surface area contributed by atoms with Crippen LogP contribution in [0.3, 0.4) is 0 Å². The third kappa shape index (κ3) is 3.20. The van der Waals surface area contributed by atoms with Gasteiger partial charge in [-0.05, 0) is 54.4 Å². The summed E-state index contributed by atoms with van der Waals surface area (Å²) in [5.41, 5.74) is 2.55. The molecule has 0 unspecified atom stereocenters. The maximum atomic E-state index is 12.0. The maximum Gasteiger partial charge on any atom is 0.255 e. The first-order valence-electron chi connectivity index (χ1n) is 5.75. The summed E-state index contributed by atoms with van der Waals surface area (Å²) < 4.78 is 0. The van der Waals surface area contributed by atoms with Gasteiger partial charge in [0.2, 0.25) is 0 Å². The fourth-order valence-electron chi connectivity index (χ4n) is 1.71. The average Bonchev–Trinajstić information content (AvgIpc) is 2.39. The van der Waals surface area contributed by atoms with Crippen molar-refractivity contribution in [3.05, 3.63) is 65.2 Å². The Hall–Kier alpha value is -2.13. The van der Waals surface area contributed by atoms with Crippen LogP contribution in [0.15, 0.2) is 48.5 Å². The van der Waals surface area contributed by atoms with Crippen LogP contribution in [0.1, 0.15) is 26.3 Å². The Morgan fingerprint density at radius 3 is 2.21 bits per heavy atom. The molecule has 0 aromatic heterocycles. The molecule has 3 nitrogen and oxygen atoms in total. The highest BCUT2D eigenvalue weighted by molar-refractivity contribution is 6.67. The summed E-state index contributed by atoms with van der Waals surface area (Å²) in [6.45, 7) is 1.88. The fraction of sp³-hybridized carbons (Fsp3) is 0.0667. The average molecular weight is 274 g/mol. The molecule has 0 radical (unpaired) electrons. The molecule has 0 aliphatic heterocycles. The Morgan fingerprint density at radius 1 is 1.00 bits per heavy atom. The van der Waals surface area contributed by atoms with Gasteiger partial charge in [-0.2, -0.15) is 0 Å². The lowest BCUT2D eigenvalue weighted by Gasteiger charge is -2.07. The zero-order valence-electron chi connectivity index (χ0n) is 10.3. The highest BCUT2D eigenvalue weighted by Crippen LogP contribution is 2.14. The van der Waals surface area contributed by atoms with Crippen LogP contribution in [0.25, 0.3) is 0 Å². The topological polar surface area (TPSA) is 46.2 Å². The minimum Gasteiger partial charge on any atom is -0.322 e. The second kappa shape index (κ2) is 5.67. The minimum absolute atomic E-state index is 0.178. The van der Waals surface area contributed by atoms with Gasteiger partial charge in [-0.25, -0.2) is 0 Å². The molecule has 0 fully saturated rings. The number of hydrogen-bond acceptors (Lipinski definition) is 2. The summed E-state index contributed by atoms with van der Waals surface area (Å²) in [4.78, 5) is 23.0. The zero-order valence-corrected chi connectivity index (χ0v) is 11.1. The molecule has 96 valence electrons. The van der Waals surface area contributed by atoms with Crippen molar-refractivity contribution < 1.29 is 9.59 Å². The smallest absolute Gasteiger partial charge is 0.255 e. The predicted octanol–water partition coefficient (Wildman–Crippen LogP) is 3.63. The third-order valence-corrected chi connectivity index (χ3v) is 2.98. The van der Waals surface area contributed by atoms with Gasteiger partial charge in [0.1, 0.15) is 0 Å². The molecular weight excluding hydrogens is 262 g/mol. The number of carbonyl (C=O) groups excluding carboxylic acids is 2. The summed E-state index contributed by atoms with van der Waals surface area (Å²) in [5.74, 6) is -0.178. The first-order chi connectivity index (χ1) is 9.08. The molecule has 0 saturated carbocycles. The Morgan fingerprint density at radius 2 is 1.63 bits per heavy atom. The van der Waals surface area contributed by atoms with Crippen molar-refractivity contribution in [1.82, 2.24) is 0 Å². The number of halogens is 1. The van der Waals surface area contributed by atoms with Crippen molar-refractivity contribution >= 4 is 28.4 Å². The molecule has 4 heteroatoms. The Bertz CT molecular complexity index is 620. The summed E-state index contributed by atoms with van der Waals surface area (Å²) in [7, 11) is 0. The third-order valence-electron chi connectivity index (χ3n) is 2.76. The van der Waals surface area contributed by atoms with Crippen molar-refractivity contribution in [2.45, 2.75) is 6.92 Å². The number of rotatable bonds is 3. The van der Waals surface area contributed by atoms with Crippen molar-refractivity contribution in [1.29, 1.82) is 0 Å². The molecule has 2 aromatic rings. The van der Waals surface area contributed by atoms with Crippen LogP contribution >= 0.6 is 11.6 Å². The first kappa shape index (κ1) is 13.3. The Balaban J connectivity index is 2.15. The molecule has 0 atom stereocenters. The second-order valence-corrected chi connectivity index (χ2v) is 4.46. The number of benzene rings is 2. The summed E-state index contributed by atoms with van der Waals surface area (Å²) in [5, 5.41) is 2.25. The van der Waals surface area contributed by atoms with Crippen molar-refractivity contribution in [3.63, 3.8) is 0 Å². The van der Waals surface area contributed by atoms with Crippen LogP contribution < -0.4 is 5.32 Å². The van der Waals surface area contributed by atoms with Crippen LogP contribution in [-0.4, -0.2) is 11.1 Å². The number of nitrogens with one attached hydrogen (secondary N) is 1. The fourth-order valence-corrected chi connectivity index (χ4v) is 1.84. The van der Waals surface area contributed by atoms with E-state index in [1.807, 2.05) is 25.1 Å². The van der Waals surface area contributed by atoms with Crippen molar-refractivity contribution in [2.24, 2.45) is 0 Å². The van der Waals surface area contributed by atoms with E-state index in [9.17, 15) is 9.59 Å². The Kier molecular flexibility index (Phi) is 3.97. The molecule has 0 saturated heterocycles. The van der Waals surface area contributed by atoms with E-state index in [1.54, 1.807) is 30.3 Å². The molecule has 0 aliphatic rings. The number of hydrogen-bond donors (Lipinski definition) is 1. The van der Waals surface area contributed by atoms with Gasteiger partial charge in [0.15, 0.2) is 0 Å². The molecule has 1 amide bonds. The molecule has 0 heterocycles. The van der Waals surface area contributed by atoms with Gasteiger partial charge in [0.05, 0.1) is 0 Å². The molecule has 19 heavy (non-hydrogen) atoms. The SMILES string of the molecule is Cc1ccccc1C(=O)Nc1ccc(C(=O)Cl)cc1. The van der Waals surface area contributed by atoms with Gasteiger partial charge >= 0.3 is 0 Å². The van der Waals surface area contributed by atoms with Gasteiger partial charge in [-0.3, -0.25) is 9.59 Å². The van der Waals surface area contributed by atoms with E-state index in [0.717, 1.165) is 5.56 Å². The Labute approximate surface area is 116 Å². The van der Waals surface area contributed by atoms with Gasteiger partial charge < -0.3 is 5.32 Å². The summed E-state index contributed by atoms with van der Waals surface area (Å²) >= 11 is 5.35. The largest absolute Gasteiger partial charge is 0.322 e. The lowest BCUT2D eigenvalue weighted by molar-refractivity contribution is 0.102. The molecule has 2 aromatic carbocycles. The van der Waals surface area contributed by atoms with E-state index in [-0.39, 0.29) is 5.91 Å². The quantitative estimate of drug-likeness (QED) is 0.868. The maximum absolute atomic E-state index is 12.0. The van der Waals surface area contributed by atoms with E-state index >= 15 is 0 Å². The predicted molar refractivity (Wildman–Crippen MR) is 75.8 cm³/mol. The molecule has 1 N–H and O–H groups in total. The van der Waals surface area contributed by atoms with Crippen molar-refractivity contribution in [2.75, 3.05) is 5.32 Å². The first-order valence-corrected chi connectivity index (χ1v) is 6.12. The van der Waals surface area contributed by atoms with Gasteiger partial charge in [0, 0.05) is 16.8 Å². The van der Waals surface area contributed by atoms with Gasteiger partial charge in [-0.15, -0.1) is 0 Å². The normalized spacial score (nSPS) is 10.0. The highest BCUT2D eigenvalue weighted by Gasteiger charge is 2.08. The monoisotopic (exact) mass is 273 g/mol. The van der Waals surface area contributed by atoms with E-state index in [2.05, 4.69) is 5.32 Å². The minimum atomic E-state index is -0.517. The molecule has 2 rings (SSSR count). The van der Waals surface area contributed by atoms with Crippen LogP contribution in [0.5, 0.6) is 0 Å². The van der Waals surface area contributed by atoms with E-state index in [1.165, 1.54) is 0 Å². The van der Waals surface area contributed by atoms with E-state index in [4.69, 9.17) is 11.6 Å². The van der Waals surface area contributed by atoms with Crippen LogP contribution in [0.4, 0.5) is 5.69 Å². The van der Waals surface area contributed by atoms with Crippen LogP contribution in [0, 0.1) is 6.92 Å². The van der Waals surface area contributed by atoms with E-state index < -0.39 is 5.24 Å². The van der Waals surface area contributed by atoms with E-state index in [0.29, 0.717) is 16.8 Å². The second-order valence-electron chi connectivity index (χ2n) is 4.12. The van der Waals surface area contributed by atoms with Gasteiger partial charge in [-0.1, -0.05) is 18.2 Å². The lowest BCUT2D eigenvalue weighted by atomic mass is 10.1. The summed E-state index contributed by atoms with van der Waals surface area (Å²) in [6, 6.07) is 13.8. The molecule has 0 aliphatic carbocycles. The summed E-state index contributed by atoms with van der Waals surface area (Å²) in [6.07, 6.45) is 0. The molecular formula is C15H12ClNO2. The van der Waals surface area contributed by atoms with Crippen molar-refractivity contribution in [3.8, 4) is 0 Å². The van der Waals surface area contributed by atoms with Crippen LogP contribution in [0.2, 0.25) is 0 Å². The lowest BCUT2D eigenvalue weighted by Crippen LogP contribution is -2.13. The number of carbonyl (C=O) groups is 2. The number of aryl methyl sites for hydroxylation is 1. The van der Waals surface area contributed by atoms with Gasteiger partial charge in [0.25, 0.3) is 11.1 Å². The highest BCUT2D eigenvalue weighted by atomic mass is 35.5.